The Balaban J connectivity index is 2.37. The highest BCUT2D eigenvalue weighted by molar-refractivity contribution is 6.35. The molecule has 0 saturated carbocycles. The molecule has 3 aromatic rings. The van der Waals surface area contributed by atoms with Crippen molar-refractivity contribution in [2.75, 3.05) is 0 Å². The minimum atomic E-state index is -0.115. The lowest BCUT2D eigenvalue weighted by molar-refractivity contribution is 0.817. The molecule has 0 aliphatic heterocycles. The zero-order chi connectivity index (χ0) is 15.0. The summed E-state index contributed by atoms with van der Waals surface area (Å²) in [6.07, 6.45) is 1.78. The molecular formula is C17H16ClN3. The first-order valence-electron chi connectivity index (χ1n) is 6.84. The van der Waals surface area contributed by atoms with Crippen LogP contribution in [0.25, 0.3) is 22.2 Å². The lowest BCUT2D eigenvalue weighted by Crippen LogP contribution is -2.08. The van der Waals surface area contributed by atoms with Crippen molar-refractivity contribution in [3.8, 4) is 11.3 Å². The number of para-hydroxylation sites is 1. The number of rotatable bonds is 2. The summed E-state index contributed by atoms with van der Waals surface area (Å²) in [6, 6.07) is 11.6. The van der Waals surface area contributed by atoms with Crippen molar-refractivity contribution in [2.24, 2.45) is 5.73 Å². The number of fused-ring (bicyclic) bond motifs is 1. The molecule has 0 radical (unpaired) electrons. The highest BCUT2D eigenvalue weighted by Gasteiger charge is 2.15. The molecule has 4 heteroatoms. The van der Waals surface area contributed by atoms with Crippen molar-refractivity contribution in [1.29, 1.82) is 0 Å². The van der Waals surface area contributed by atoms with E-state index in [2.05, 4.69) is 11.1 Å². The maximum absolute atomic E-state index is 6.28. The molecule has 1 unspecified atom stereocenters. The van der Waals surface area contributed by atoms with Gasteiger partial charge in [0.2, 0.25) is 0 Å². The van der Waals surface area contributed by atoms with Gasteiger partial charge in [0.15, 0.2) is 0 Å². The third kappa shape index (κ3) is 2.50. The van der Waals surface area contributed by atoms with Crippen molar-refractivity contribution in [3.63, 3.8) is 0 Å². The highest BCUT2D eigenvalue weighted by Crippen LogP contribution is 2.32. The summed E-state index contributed by atoms with van der Waals surface area (Å²) in [6.45, 7) is 3.93. The van der Waals surface area contributed by atoms with Crippen LogP contribution in [0.5, 0.6) is 0 Å². The van der Waals surface area contributed by atoms with E-state index in [4.69, 9.17) is 22.3 Å². The van der Waals surface area contributed by atoms with Gasteiger partial charge in [-0.1, -0.05) is 23.7 Å². The van der Waals surface area contributed by atoms with Gasteiger partial charge in [0.1, 0.15) is 0 Å². The third-order valence-electron chi connectivity index (χ3n) is 3.58. The zero-order valence-corrected chi connectivity index (χ0v) is 12.7. The Morgan fingerprint density at radius 2 is 2.00 bits per heavy atom. The van der Waals surface area contributed by atoms with Gasteiger partial charge in [-0.25, -0.2) is 4.98 Å². The summed E-state index contributed by atoms with van der Waals surface area (Å²) in [5, 5.41) is 1.65. The van der Waals surface area contributed by atoms with Gasteiger partial charge in [-0.3, -0.25) is 4.98 Å². The molecule has 2 N–H and O–H groups in total. The molecule has 106 valence electrons. The zero-order valence-electron chi connectivity index (χ0n) is 12.0. The second-order valence-electron chi connectivity index (χ2n) is 5.16. The molecule has 3 nitrogen and oxygen atoms in total. The fourth-order valence-corrected chi connectivity index (χ4v) is 2.70. The summed E-state index contributed by atoms with van der Waals surface area (Å²) in [7, 11) is 0. The number of nitrogens with zero attached hydrogens (tertiary/aromatic N) is 2. The van der Waals surface area contributed by atoms with Gasteiger partial charge >= 0.3 is 0 Å². The van der Waals surface area contributed by atoms with Crippen LogP contribution in [-0.2, 0) is 0 Å². The van der Waals surface area contributed by atoms with Crippen LogP contribution < -0.4 is 5.73 Å². The summed E-state index contributed by atoms with van der Waals surface area (Å²) in [5.74, 6) is 0. The molecule has 0 aliphatic rings. The van der Waals surface area contributed by atoms with E-state index in [0.29, 0.717) is 5.02 Å². The normalized spacial score (nSPS) is 12.6. The molecule has 0 aliphatic carbocycles. The van der Waals surface area contributed by atoms with Crippen LogP contribution in [0.4, 0.5) is 0 Å². The van der Waals surface area contributed by atoms with Crippen molar-refractivity contribution < 1.29 is 0 Å². The van der Waals surface area contributed by atoms with Crippen LogP contribution in [0.1, 0.15) is 24.2 Å². The quantitative estimate of drug-likeness (QED) is 0.768. The second-order valence-corrected chi connectivity index (χ2v) is 5.57. The minimum Gasteiger partial charge on any atom is -0.324 e. The van der Waals surface area contributed by atoms with E-state index in [9.17, 15) is 0 Å². The van der Waals surface area contributed by atoms with Gasteiger partial charge in [-0.05, 0) is 43.7 Å². The third-order valence-corrected chi connectivity index (χ3v) is 3.88. The van der Waals surface area contributed by atoms with Crippen LogP contribution in [-0.4, -0.2) is 9.97 Å². The number of hydrogen-bond acceptors (Lipinski definition) is 3. The minimum absolute atomic E-state index is 0.115. The van der Waals surface area contributed by atoms with Crippen molar-refractivity contribution in [1.82, 2.24) is 9.97 Å². The topological polar surface area (TPSA) is 51.8 Å². The Hall–Kier alpha value is -1.97. The predicted molar refractivity (Wildman–Crippen MR) is 87.3 cm³/mol. The van der Waals surface area contributed by atoms with Crippen molar-refractivity contribution in [2.45, 2.75) is 19.9 Å². The lowest BCUT2D eigenvalue weighted by atomic mass is 9.98. The standard InChI is InChI=1S/C17H16ClN3/c1-10(19)14-9-12-5-3-7-15(18)16(12)21-17(14)13-6-4-8-20-11(13)2/h3-10H,19H2,1-2H3. The van der Waals surface area contributed by atoms with Crippen LogP contribution in [0, 0.1) is 6.92 Å². The summed E-state index contributed by atoms with van der Waals surface area (Å²) < 4.78 is 0. The first kappa shape index (κ1) is 14.0. The van der Waals surface area contributed by atoms with Gasteiger partial charge in [-0.2, -0.15) is 0 Å². The smallest absolute Gasteiger partial charge is 0.0895 e. The van der Waals surface area contributed by atoms with Crippen molar-refractivity contribution in [3.05, 3.63) is 58.9 Å². The first-order valence-corrected chi connectivity index (χ1v) is 7.22. The van der Waals surface area contributed by atoms with E-state index < -0.39 is 0 Å². The molecule has 0 fully saturated rings. The molecule has 0 amide bonds. The molecular weight excluding hydrogens is 282 g/mol. The Bertz CT molecular complexity index is 812. The molecule has 21 heavy (non-hydrogen) atoms. The Morgan fingerprint density at radius 3 is 2.71 bits per heavy atom. The number of benzene rings is 1. The largest absolute Gasteiger partial charge is 0.324 e. The number of pyridine rings is 2. The second kappa shape index (κ2) is 5.43. The van der Waals surface area contributed by atoms with E-state index in [0.717, 1.165) is 33.4 Å². The molecule has 0 bridgehead atoms. The van der Waals surface area contributed by atoms with Crippen LogP contribution in [0.2, 0.25) is 5.02 Å². The Labute approximate surface area is 128 Å². The molecule has 0 saturated heterocycles. The fraction of sp³-hybridized carbons (Fsp3) is 0.176. The monoisotopic (exact) mass is 297 g/mol. The molecule has 3 rings (SSSR count). The molecule has 0 spiro atoms. The number of nitrogens with two attached hydrogens (primary N) is 1. The maximum atomic E-state index is 6.28. The van der Waals surface area contributed by atoms with Gasteiger partial charge in [0.05, 0.1) is 16.2 Å². The SMILES string of the molecule is Cc1ncccc1-c1nc2c(Cl)cccc2cc1C(C)N. The van der Waals surface area contributed by atoms with E-state index in [-0.39, 0.29) is 6.04 Å². The van der Waals surface area contributed by atoms with E-state index in [1.807, 2.05) is 44.2 Å². The fourth-order valence-electron chi connectivity index (χ4n) is 2.48. The van der Waals surface area contributed by atoms with Gasteiger partial charge in [0, 0.05) is 28.9 Å². The first-order chi connectivity index (χ1) is 10.1. The van der Waals surface area contributed by atoms with Gasteiger partial charge < -0.3 is 5.73 Å². The van der Waals surface area contributed by atoms with E-state index >= 15 is 0 Å². The van der Waals surface area contributed by atoms with E-state index in [1.165, 1.54) is 0 Å². The average molecular weight is 298 g/mol. The van der Waals surface area contributed by atoms with Gasteiger partial charge in [0.25, 0.3) is 0 Å². The van der Waals surface area contributed by atoms with Crippen molar-refractivity contribution >= 4 is 22.5 Å². The maximum Gasteiger partial charge on any atom is 0.0895 e. The Morgan fingerprint density at radius 1 is 1.19 bits per heavy atom. The number of hydrogen-bond donors (Lipinski definition) is 1. The highest BCUT2D eigenvalue weighted by atomic mass is 35.5. The summed E-state index contributed by atoms with van der Waals surface area (Å²) in [5.41, 5.74) is 10.7. The summed E-state index contributed by atoms with van der Waals surface area (Å²) >= 11 is 6.28. The van der Waals surface area contributed by atoms with E-state index in [1.54, 1.807) is 6.20 Å². The number of halogens is 1. The van der Waals surface area contributed by atoms with Crippen LogP contribution in [0.15, 0.2) is 42.6 Å². The molecule has 2 aromatic heterocycles. The lowest BCUT2D eigenvalue weighted by Gasteiger charge is -2.15. The predicted octanol–water partition coefficient (Wildman–Crippen LogP) is 4.28. The number of aromatic nitrogens is 2. The summed E-state index contributed by atoms with van der Waals surface area (Å²) in [4.78, 5) is 9.12. The molecule has 2 heterocycles. The van der Waals surface area contributed by atoms with Crippen LogP contribution >= 0.6 is 11.6 Å². The molecule has 1 atom stereocenters. The molecule has 1 aromatic carbocycles. The Kier molecular flexibility index (Phi) is 3.62. The number of aryl methyl sites for hydroxylation is 1. The average Bonchev–Trinajstić information content (AvgIpc) is 2.47. The van der Waals surface area contributed by atoms with Gasteiger partial charge in [-0.15, -0.1) is 0 Å². The van der Waals surface area contributed by atoms with Crippen LogP contribution in [0.3, 0.4) is 0 Å².